The van der Waals surface area contributed by atoms with Gasteiger partial charge in [0, 0.05) is 6.54 Å². The van der Waals surface area contributed by atoms with E-state index >= 15 is 0 Å². The van der Waals surface area contributed by atoms with Gasteiger partial charge in [-0.25, -0.2) is 17.9 Å². The molecule has 1 heterocycles. The smallest absolute Gasteiger partial charge is 0.417 e. The Labute approximate surface area is 131 Å². The average Bonchev–Trinajstić information content (AvgIpc) is 2.92. The van der Waals surface area contributed by atoms with Crippen molar-refractivity contribution in [2.24, 2.45) is 0 Å². The van der Waals surface area contributed by atoms with Crippen LogP contribution in [0.4, 0.5) is 0 Å². The van der Waals surface area contributed by atoms with E-state index < -0.39 is 15.8 Å². The average molecular weight is 334 g/mol. The van der Waals surface area contributed by atoms with Crippen molar-refractivity contribution < 1.29 is 17.6 Å². The van der Waals surface area contributed by atoms with E-state index in [1.807, 2.05) is 0 Å². The summed E-state index contributed by atoms with van der Waals surface area (Å²) in [7, 11) is -2.13. The van der Waals surface area contributed by atoms with Crippen molar-refractivity contribution in [3.63, 3.8) is 0 Å². The molecule has 0 bridgehead atoms. The number of ether oxygens (including phenoxy) is 1. The van der Waals surface area contributed by atoms with E-state index in [1.54, 1.807) is 30.3 Å². The summed E-state index contributed by atoms with van der Waals surface area (Å²) >= 11 is 0. The predicted octanol–water partition coefficient (Wildman–Crippen LogP) is 1.61. The molecule has 2 N–H and O–H groups in total. The Hall–Kier alpha value is -2.58. The lowest BCUT2D eigenvalue weighted by Gasteiger charge is -2.07. The van der Waals surface area contributed by atoms with E-state index in [-0.39, 0.29) is 11.4 Å². The van der Waals surface area contributed by atoms with Crippen molar-refractivity contribution in [1.29, 1.82) is 0 Å². The van der Waals surface area contributed by atoms with Crippen LogP contribution in [0, 0.1) is 0 Å². The summed E-state index contributed by atoms with van der Waals surface area (Å²) < 4.78 is 36.9. The van der Waals surface area contributed by atoms with Crippen molar-refractivity contribution in [2.75, 3.05) is 7.11 Å². The molecule has 0 aliphatic rings. The Kier molecular flexibility index (Phi) is 3.93. The molecule has 0 aliphatic heterocycles. The van der Waals surface area contributed by atoms with E-state index in [4.69, 9.17) is 9.15 Å². The zero-order valence-corrected chi connectivity index (χ0v) is 13.0. The highest BCUT2D eigenvalue weighted by Gasteiger charge is 2.14. The molecule has 0 saturated carbocycles. The van der Waals surface area contributed by atoms with Crippen LogP contribution in [-0.4, -0.2) is 20.5 Å². The monoisotopic (exact) mass is 334 g/mol. The van der Waals surface area contributed by atoms with Gasteiger partial charge in [0.2, 0.25) is 10.0 Å². The van der Waals surface area contributed by atoms with Crippen LogP contribution in [0.1, 0.15) is 5.56 Å². The number of sulfonamides is 1. The van der Waals surface area contributed by atoms with Crippen molar-refractivity contribution in [3.8, 4) is 5.75 Å². The Balaban J connectivity index is 1.77. The van der Waals surface area contributed by atoms with Crippen molar-refractivity contribution in [3.05, 3.63) is 58.6 Å². The number of aromatic nitrogens is 1. The SMILES string of the molecule is COc1ccc(S(=O)(=O)NCc2ccc3[nH]c(=O)oc3c2)cc1. The largest absolute Gasteiger partial charge is 0.497 e. The molecule has 0 spiro atoms. The fourth-order valence-electron chi connectivity index (χ4n) is 2.12. The Morgan fingerprint density at radius 2 is 1.91 bits per heavy atom. The normalized spacial score (nSPS) is 11.7. The number of rotatable bonds is 5. The van der Waals surface area contributed by atoms with Gasteiger partial charge in [-0.1, -0.05) is 6.07 Å². The number of oxazole rings is 1. The van der Waals surface area contributed by atoms with Gasteiger partial charge in [0.1, 0.15) is 5.75 Å². The highest BCUT2D eigenvalue weighted by molar-refractivity contribution is 7.89. The Morgan fingerprint density at radius 1 is 1.17 bits per heavy atom. The molecule has 8 heteroatoms. The van der Waals surface area contributed by atoms with Gasteiger partial charge in [-0.05, 0) is 42.0 Å². The fraction of sp³-hybridized carbons (Fsp3) is 0.133. The summed E-state index contributed by atoms with van der Waals surface area (Å²) in [5.41, 5.74) is 1.63. The highest BCUT2D eigenvalue weighted by atomic mass is 32.2. The second kappa shape index (κ2) is 5.90. The lowest BCUT2D eigenvalue weighted by molar-refractivity contribution is 0.414. The van der Waals surface area contributed by atoms with Gasteiger partial charge in [-0.3, -0.25) is 4.98 Å². The van der Waals surface area contributed by atoms with E-state index in [0.717, 1.165) is 0 Å². The zero-order chi connectivity index (χ0) is 16.4. The van der Waals surface area contributed by atoms with Crippen LogP contribution in [0.3, 0.4) is 0 Å². The quantitative estimate of drug-likeness (QED) is 0.738. The summed E-state index contributed by atoms with van der Waals surface area (Å²) in [6.07, 6.45) is 0. The first-order chi connectivity index (χ1) is 11.0. The first-order valence-corrected chi connectivity index (χ1v) is 8.22. The Morgan fingerprint density at radius 3 is 2.61 bits per heavy atom. The van der Waals surface area contributed by atoms with Crippen molar-refractivity contribution in [2.45, 2.75) is 11.4 Å². The molecule has 7 nitrogen and oxygen atoms in total. The number of H-pyrrole nitrogens is 1. The minimum absolute atomic E-state index is 0.0825. The van der Waals surface area contributed by atoms with E-state index in [0.29, 0.717) is 22.4 Å². The number of fused-ring (bicyclic) bond motifs is 1. The number of benzene rings is 2. The second-order valence-corrected chi connectivity index (χ2v) is 6.61. The van der Waals surface area contributed by atoms with Crippen LogP contribution < -0.4 is 15.2 Å². The first-order valence-electron chi connectivity index (χ1n) is 6.73. The minimum Gasteiger partial charge on any atom is -0.497 e. The Bertz CT molecular complexity index is 987. The number of hydrogen-bond donors (Lipinski definition) is 2. The van der Waals surface area contributed by atoms with E-state index in [9.17, 15) is 13.2 Å². The van der Waals surface area contributed by atoms with Gasteiger partial charge < -0.3 is 9.15 Å². The van der Waals surface area contributed by atoms with Crippen molar-refractivity contribution in [1.82, 2.24) is 9.71 Å². The number of aromatic amines is 1. The number of hydrogen-bond acceptors (Lipinski definition) is 5. The summed E-state index contributed by atoms with van der Waals surface area (Å²) in [4.78, 5) is 13.8. The van der Waals surface area contributed by atoms with Crippen LogP contribution in [0.25, 0.3) is 11.1 Å². The third-order valence-corrected chi connectivity index (χ3v) is 4.74. The van der Waals surface area contributed by atoms with Gasteiger partial charge in [-0.2, -0.15) is 0 Å². The van der Waals surface area contributed by atoms with Crippen LogP contribution in [0.15, 0.2) is 56.6 Å². The van der Waals surface area contributed by atoms with Crippen molar-refractivity contribution >= 4 is 21.1 Å². The third-order valence-electron chi connectivity index (χ3n) is 3.32. The lowest BCUT2D eigenvalue weighted by Crippen LogP contribution is -2.23. The molecule has 0 radical (unpaired) electrons. The molecular weight excluding hydrogens is 320 g/mol. The highest BCUT2D eigenvalue weighted by Crippen LogP contribution is 2.16. The molecule has 3 aromatic rings. The first kappa shape index (κ1) is 15.3. The van der Waals surface area contributed by atoms with Gasteiger partial charge >= 0.3 is 5.76 Å². The van der Waals surface area contributed by atoms with Gasteiger partial charge in [0.15, 0.2) is 5.58 Å². The third kappa shape index (κ3) is 3.27. The molecular formula is C15H14N2O5S. The van der Waals surface area contributed by atoms with E-state index in [2.05, 4.69) is 9.71 Å². The maximum Gasteiger partial charge on any atom is 0.417 e. The standard InChI is InChI=1S/C15H14N2O5S/c1-21-11-3-5-12(6-4-11)23(19,20)16-9-10-2-7-13-14(8-10)22-15(18)17-13/h2-8,16H,9H2,1H3,(H,17,18). The van der Waals surface area contributed by atoms with Gasteiger partial charge in [0.05, 0.1) is 17.5 Å². The summed E-state index contributed by atoms with van der Waals surface area (Å²) in [5, 5.41) is 0. The van der Waals surface area contributed by atoms with Crippen LogP contribution in [0.5, 0.6) is 5.75 Å². The summed E-state index contributed by atoms with van der Waals surface area (Å²) in [5.74, 6) is 0.0350. The minimum atomic E-state index is -3.64. The summed E-state index contributed by atoms with van der Waals surface area (Å²) in [6.45, 7) is 0.0825. The number of methoxy groups -OCH3 is 1. The molecule has 0 aliphatic carbocycles. The molecule has 1 aromatic heterocycles. The molecule has 3 rings (SSSR count). The fourth-order valence-corrected chi connectivity index (χ4v) is 3.13. The zero-order valence-electron chi connectivity index (χ0n) is 12.2. The molecule has 120 valence electrons. The second-order valence-electron chi connectivity index (χ2n) is 4.85. The molecule has 0 atom stereocenters. The molecule has 2 aromatic carbocycles. The summed E-state index contributed by atoms with van der Waals surface area (Å²) in [6, 6.07) is 11.1. The maximum atomic E-state index is 12.2. The molecule has 0 saturated heterocycles. The van der Waals surface area contributed by atoms with Crippen LogP contribution in [0.2, 0.25) is 0 Å². The van der Waals surface area contributed by atoms with Crippen LogP contribution in [-0.2, 0) is 16.6 Å². The molecule has 0 amide bonds. The van der Waals surface area contributed by atoms with Gasteiger partial charge in [-0.15, -0.1) is 0 Å². The molecule has 0 unspecified atom stereocenters. The molecule has 23 heavy (non-hydrogen) atoms. The van der Waals surface area contributed by atoms with Gasteiger partial charge in [0.25, 0.3) is 0 Å². The predicted molar refractivity (Wildman–Crippen MR) is 83.9 cm³/mol. The topological polar surface area (TPSA) is 101 Å². The maximum absolute atomic E-state index is 12.2. The molecule has 0 fully saturated rings. The van der Waals surface area contributed by atoms with Crippen LogP contribution >= 0.6 is 0 Å². The van der Waals surface area contributed by atoms with E-state index in [1.165, 1.54) is 19.2 Å². The lowest BCUT2D eigenvalue weighted by atomic mass is 10.2. The number of nitrogens with one attached hydrogen (secondary N) is 2.